The van der Waals surface area contributed by atoms with Gasteiger partial charge in [-0.2, -0.15) is 0 Å². The van der Waals surface area contributed by atoms with Crippen molar-refractivity contribution in [1.82, 2.24) is 10.6 Å². The number of primary amides is 2. The number of Topliss-reactive ketones (excluding diaryl/α,β-unsaturated/α-hetero) is 1. The van der Waals surface area contributed by atoms with E-state index >= 15 is 0 Å². The van der Waals surface area contributed by atoms with Gasteiger partial charge >= 0.3 is 0 Å². The third-order valence-electron chi connectivity index (χ3n) is 5.41. The molecule has 36 heavy (non-hydrogen) atoms. The lowest BCUT2D eigenvalue weighted by atomic mass is 9.93. The first-order chi connectivity index (χ1) is 16.9. The summed E-state index contributed by atoms with van der Waals surface area (Å²) >= 11 is 0. The van der Waals surface area contributed by atoms with Crippen molar-refractivity contribution in [3.8, 4) is 0 Å². The van der Waals surface area contributed by atoms with Crippen molar-refractivity contribution in [3.63, 3.8) is 0 Å². The number of halogens is 2. The molecule has 4 amide bonds. The monoisotopic (exact) mass is 509 g/mol. The molecule has 0 saturated carbocycles. The fraction of sp³-hybridized carbons (Fsp3) is 0.458. The molecule has 0 aromatic heterocycles. The van der Waals surface area contributed by atoms with Crippen LogP contribution < -0.4 is 27.8 Å². The van der Waals surface area contributed by atoms with Gasteiger partial charge in [0.05, 0.1) is 6.04 Å². The van der Waals surface area contributed by atoms with Crippen molar-refractivity contribution < 1.29 is 32.8 Å². The Balaban J connectivity index is 2.60. The van der Waals surface area contributed by atoms with Gasteiger partial charge in [0.1, 0.15) is 17.7 Å². The van der Waals surface area contributed by atoms with Crippen molar-refractivity contribution in [1.29, 1.82) is 0 Å². The predicted octanol–water partition coefficient (Wildman–Crippen LogP) is 0.423. The molecule has 12 heteroatoms. The van der Waals surface area contributed by atoms with Gasteiger partial charge in [-0.05, 0) is 57.4 Å². The molecule has 0 aliphatic carbocycles. The number of carbonyl (C=O) groups excluding carboxylic acids is 5. The highest BCUT2D eigenvalue weighted by Crippen LogP contribution is 2.14. The molecule has 0 spiro atoms. The Labute approximate surface area is 208 Å². The van der Waals surface area contributed by atoms with E-state index in [2.05, 4.69) is 10.6 Å². The molecular formula is C24H33F2N5O5. The van der Waals surface area contributed by atoms with Crippen molar-refractivity contribution in [2.45, 2.75) is 57.5 Å². The standard InChI is InChI=1S/C24H33F2N5O5/c1-14(30-21(33)9-6-15-5-8-17(25)13-18(15)26)20(32)12-16(23(28)35)7-10-22(34)31-19(24(29)36)4-2-3-11-27/h5-6,8-9,13-14,16,19H,2-4,7,10-12,27H2,1H3,(H2,28,35)(H2,29,36)(H,30,33)(H,31,34)/b9-6+/t14?,16-,19?/m1/s1. The average molecular weight is 510 g/mol. The maximum atomic E-state index is 13.6. The zero-order valence-corrected chi connectivity index (χ0v) is 20.1. The van der Waals surface area contributed by atoms with Gasteiger partial charge in [0.15, 0.2) is 5.78 Å². The Hall–Kier alpha value is -3.67. The van der Waals surface area contributed by atoms with E-state index in [1.54, 1.807) is 0 Å². The Morgan fingerprint density at radius 3 is 2.28 bits per heavy atom. The normalized spacial score (nSPS) is 13.6. The quantitative estimate of drug-likeness (QED) is 0.159. The molecule has 198 valence electrons. The second-order valence-corrected chi connectivity index (χ2v) is 8.34. The number of hydrogen-bond acceptors (Lipinski definition) is 6. The van der Waals surface area contributed by atoms with Crippen LogP contribution >= 0.6 is 0 Å². The zero-order valence-electron chi connectivity index (χ0n) is 20.1. The lowest BCUT2D eigenvalue weighted by molar-refractivity contribution is -0.130. The fourth-order valence-electron chi connectivity index (χ4n) is 3.26. The van der Waals surface area contributed by atoms with Crippen molar-refractivity contribution >= 4 is 35.5 Å². The van der Waals surface area contributed by atoms with E-state index in [4.69, 9.17) is 17.2 Å². The number of carbonyl (C=O) groups is 5. The van der Waals surface area contributed by atoms with Crippen molar-refractivity contribution in [2.75, 3.05) is 6.54 Å². The SMILES string of the molecule is CC(NC(=O)/C=C/c1ccc(F)cc1F)C(=O)C[C@@H](CCC(=O)NC(CCCCN)C(N)=O)C(N)=O. The van der Waals surface area contributed by atoms with Crippen molar-refractivity contribution in [2.24, 2.45) is 23.1 Å². The van der Waals surface area contributed by atoms with Gasteiger partial charge in [-0.15, -0.1) is 0 Å². The number of nitrogens with one attached hydrogen (secondary N) is 2. The lowest BCUT2D eigenvalue weighted by Crippen LogP contribution is -2.44. The number of unbranched alkanes of at least 4 members (excludes halogenated alkanes) is 1. The smallest absolute Gasteiger partial charge is 0.244 e. The fourth-order valence-corrected chi connectivity index (χ4v) is 3.26. The minimum Gasteiger partial charge on any atom is -0.369 e. The Bertz CT molecular complexity index is 986. The van der Waals surface area contributed by atoms with Crippen LogP contribution in [0.4, 0.5) is 8.78 Å². The average Bonchev–Trinajstić information content (AvgIpc) is 2.80. The van der Waals surface area contributed by atoms with Crippen LogP contribution in [0.15, 0.2) is 24.3 Å². The van der Waals surface area contributed by atoms with E-state index < -0.39 is 59.0 Å². The molecule has 1 aromatic carbocycles. The highest BCUT2D eigenvalue weighted by molar-refractivity contribution is 5.97. The molecule has 8 N–H and O–H groups in total. The predicted molar refractivity (Wildman–Crippen MR) is 129 cm³/mol. The van der Waals surface area contributed by atoms with Crippen LogP contribution in [0.5, 0.6) is 0 Å². The zero-order chi connectivity index (χ0) is 27.3. The third kappa shape index (κ3) is 11.2. The summed E-state index contributed by atoms with van der Waals surface area (Å²) in [5.41, 5.74) is 16.1. The van der Waals surface area contributed by atoms with Gasteiger partial charge in [0.25, 0.3) is 0 Å². The summed E-state index contributed by atoms with van der Waals surface area (Å²) in [5, 5.41) is 4.89. The molecule has 0 saturated heterocycles. The molecule has 0 bridgehead atoms. The second kappa shape index (κ2) is 15.4. The van der Waals surface area contributed by atoms with E-state index in [1.165, 1.54) is 6.92 Å². The molecule has 0 heterocycles. The number of amides is 4. The van der Waals surface area contributed by atoms with Crippen LogP contribution in [0.1, 0.15) is 51.0 Å². The summed E-state index contributed by atoms with van der Waals surface area (Å²) in [6, 6.07) is 0.987. The van der Waals surface area contributed by atoms with Crippen LogP contribution in [-0.2, 0) is 24.0 Å². The van der Waals surface area contributed by atoms with Gasteiger partial charge in [0, 0.05) is 36.5 Å². The minimum absolute atomic E-state index is 0.0180. The topological polar surface area (TPSA) is 187 Å². The minimum atomic E-state index is -1.00. The molecule has 0 aliphatic rings. The molecule has 0 fully saturated rings. The van der Waals surface area contributed by atoms with Crippen LogP contribution in [0.2, 0.25) is 0 Å². The summed E-state index contributed by atoms with van der Waals surface area (Å²) in [5.74, 6) is -5.81. The molecule has 1 aromatic rings. The summed E-state index contributed by atoms with van der Waals surface area (Å²) < 4.78 is 26.6. The molecule has 2 unspecified atom stereocenters. The van der Waals surface area contributed by atoms with E-state index in [9.17, 15) is 32.8 Å². The van der Waals surface area contributed by atoms with E-state index in [-0.39, 0.29) is 24.8 Å². The number of hydrogen-bond donors (Lipinski definition) is 5. The first kappa shape index (κ1) is 30.4. The summed E-state index contributed by atoms with van der Waals surface area (Å²) in [6.45, 7) is 1.84. The van der Waals surface area contributed by atoms with Crippen molar-refractivity contribution in [3.05, 3.63) is 41.5 Å². The van der Waals surface area contributed by atoms with Gasteiger partial charge in [0.2, 0.25) is 23.6 Å². The first-order valence-corrected chi connectivity index (χ1v) is 11.5. The summed E-state index contributed by atoms with van der Waals surface area (Å²) in [7, 11) is 0. The Kier molecular flexibility index (Phi) is 12.9. The molecular weight excluding hydrogens is 476 g/mol. The summed E-state index contributed by atoms with van der Waals surface area (Å²) in [6.07, 6.45) is 3.16. The molecule has 1 rings (SSSR count). The van der Waals surface area contributed by atoms with E-state index in [0.717, 1.165) is 24.3 Å². The molecule has 3 atom stereocenters. The first-order valence-electron chi connectivity index (χ1n) is 11.5. The van der Waals surface area contributed by atoms with Gasteiger partial charge in [-0.25, -0.2) is 8.78 Å². The maximum Gasteiger partial charge on any atom is 0.244 e. The number of nitrogens with two attached hydrogens (primary N) is 3. The second-order valence-electron chi connectivity index (χ2n) is 8.34. The Morgan fingerprint density at radius 2 is 1.69 bits per heavy atom. The van der Waals surface area contributed by atoms with Crippen LogP contribution in [0, 0.1) is 17.6 Å². The van der Waals surface area contributed by atoms with Crippen LogP contribution in [0.3, 0.4) is 0 Å². The largest absolute Gasteiger partial charge is 0.369 e. The summed E-state index contributed by atoms with van der Waals surface area (Å²) in [4.78, 5) is 60.1. The molecule has 0 radical (unpaired) electrons. The van der Waals surface area contributed by atoms with Gasteiger partial charge < -0.3 is 27.8 Å². The highest BCUT2D eigenvalue weighted by atomic mass is 19.1. The van der Waals surface area contributed by atoms with E-state index in [1.807, 2.05) is 0 Å². The van der Waals surface area contributed by atoms with Gasteiger partial charge in [-0.3, -0.25) is 24.0 Å². The van der Waals surface area contributed by atoms with Crippen LogP contribution in [-0.4, -0.2) is 48.0 Å². The molecule has 10 nitrogen and oxygen atoms in total. The number of benzene rings is 1. The van der Waals surface area contributed by atoms with Gasteiger partial charge in [-0.1, -0.05) is 0 Å². The Morgan fingerprint density at radius 1 is 1.00 bits per heavy atom. The van der Waals surface area contributed by atoms with E-state index in [0.29, 0.717) is 31.9 Å². The van der Waals surface area contributed by atoms with Crippen LogP contribution in [0.25, 0.3) is 6.08 Å². The number of rotatable bonds is 16. The highest BCUT2D eigenvalue weighted by Gasteiger charge is 2.25. The lowest BCUT2D eigenvalue weighted by Gasteiger charge is -2.18. The number of ketones is 1. The third-order valence-corrected chi connectivity index (χ3v) is 5.41. The molecule has 0 aliphatic heterocycles. The maximum absolute atomic E-state index is 13.6.